The molecule has 2 nitrogen and oxygen atoms in total. The molecule has 0 bridgehead atoms. The minimum absolute atomic E-state index is 0.418. The van der Waals surface area contributed by atoms with Crippen molar-refractivity contribution in [2.75, 3.05) is 0 Å². The Hall–Kier alpha value is -0.930. The summed E-state index contributed by atoms with van der Waals surface area (Å²) >= 11 is 7.61. The van der Waals surface area contributed by atoms with E-state index in [0.29, 0.717) is 5.88 Å². The van der Waals surface area contributed by atoms with Gasteiger partial charge in [0.05, 0.1) is 5.88 Å². The van der Waals surface area contributed by atoms with E-state index < -0.39 is 0 Å². The van der Waals surface area contributed by atoms with Gasteiger partial charge < -0.3 is 4.52 Å². The van der Waals surface area contributed by atoms with Crippen molar-refractivity contribution in [3.63, 3.8) is 0 Å². The van der Waals surface area contributed by atoms with Crippen LogP contribution in [0.15, 0.2) is 33.7 Å². The van der Waals surface area contributed by atoms with Gasteiger partial charge in [0, 0.05) is 21.8 Å². The molecule has 1 aromatic heterocycles. The molecule has 3 rings (SSSR count). The van der Waals surface area contributed by atoms with E-state index in [-0.39, 0.29) is 0 Å². The van der Waals surface area contributed by atoms with E-state index in [1.54, 1.807) is 11.8 Å². The van der Waals surface area contributed by atoms with Crippen LogP contribution in [0.3, 0.4) is 0 Å². The average molecular weight is 238 g/mol. The molecule has 0 aliphatic carbocycles. The van der Waals surface area contributed by atoms with Crippen molar-refractivity contribution in [2.45, 2.75) is 16.5 Å². The van der Waals surface area contributed by atoms with Gasteiger partial charge >= 0.3 is 0 Å². The lowest BCUT2D eigenvalue weighted by molar-refractivity contribution is 0.425. The fourth-order valence-electron chi connectivity index (χ4n) is 1.74. The van der Waals surface area contributed by atoms with Crippen LogP contribution >= 0.6 is 23.4 Å². The van der Waals surface area contributed by atoms with Crippen molar-refractivity contribution >= 4 is 23.4 Å². The molecule has 2 heterocycles. The van der Waals surface area contributed by atoms with E-state index in [1.807, 2.05) is 12.1 Å². The number of alkyl halides is 1. The Labute approximate surface area is 96.6 Å². The van der Waals surface area contributed by atoms with Crippen LogP contribution in [-0.4, -0.2) is 5.16 Å². The van der Waals surface area contributed by atoms with Crippen LogP contribution in [-0.2, 0) is 11.6 Å². The average Bonchev–Trinajstić information content (AvgIpc) is 2.72. The molecule has 0 spiro atoms. The molecule has 1 aromatic carbocycles. The first-order valence-corrected chi connectivity index (χ1v) is 6.17. The predicted octanol–water partition coefficient (Wildman–Crippen LogP) is 3.69. The quantitative estimate of drug-likeness (QED) is 0.708. The summed E-state index contributed by atoms with van der Waals surface area (Å²) in [5.74, 6) is 2.21. The SMILES string of the molecule is ClCc1noc2c1CSc1ccccc1-2. The Balaban J connectivity index is 2.22. The maximum absolute atomic E-state index is 5.80. The molecule has 4 heteroatoms. The van der Waals surface area contributed by atoms with Crippen LogP contribution in [0.2, 0.25) is 0 Å². The smallest absolute Gasteiger partial charge is 0.172 e. The van der Waals surface area contributed by atoms with E-state index in [4.69, 9.17) is 16.1 Å². The van der Waals surface area contributed by atoms with Crippen LogP contribution in [0.1, 0.15) is 11.3 Å². The summed E-state index contributed by atoms with van der Waals surface area (Å²) in [6.07, 6.45) is 0. The maximum atomic E-state index is 5.80. The third kappa shape index (κ3) is 1.38. The zero-order valence-electron chi connectivity index (χ0n) is 7.87. The minimum atomic E-state index is 0.418. The van der Waals surface area contributed by atoms with Gasteiger partial charge in [-0.25, -0.2) is 0 Å². The molecule has 0 fully saturated rings. The van der Waals surface area contributed by atoms with Gasteiger partial charge in [0.25, 0.3) is 0 Å². The summed E-state index contributed by atoms with van der Waals surface area (Å²) < 4.78 is 5.36. The third-order valence-electron chi connectivity index (χ3n) is 2.50. The molecule has 0 unspecified atom stereocenters. The molecule has 0 N–H and O–H groups in total. The van der Waals surface area contributed by atoms with Crippen molar-refractivity contribution in [3.8, 4) is 11.3 Å². The molecular formula is C11H8ClNOS. The number of rotatable bonds is 1. The predicted molar refractivity (Wildman–Crippen MR) is 61.1 cm³/mol. The highest BCUT2D eigenvalue weighted by atomic mass is 35.5. The monoisotopic (exact) mass is 237 g/mol. The first-order valence-electron chi connectivity index (χ1n) is 4.65. The molecule has 0 saturated heterocycles. The highest BCUT2D eigenvalue weighted by molar-refractivity contribution is 7.98. The number of aromatic nitrogens is 1. The second-order valence-corrected chi connectivity index (χ2v) is 4.64. The molecule has 76 valence electrons. The van der Waals surface area contributed by atoms with Gasteiger partial charge in [0.15, 0.2) is 5.76 Å². The first-order chi connectivity index (χ1) is 7.40. The highest BCUT2D eigenvalue weighted by Gasteiger charge is 2.23. The standard InChI is InChI=1S/C11H8ClNOS/c12-5-9-8-6-15-10-4-2-1-3-7(10)11(8)14-13-9/h1-4H,5-6H2. The van der Waals surface area contributed by atoms with E-state index >= 15 is 0 Å². The molecular weight excluding hydrogens is 230 g/mol. The van der Waals surface area contributed by atoms with Gasteiger partial charge in [-0.05, 0) is 12.1 Å². The fraction of sp³-hybridized carbons (Fsp3) is 0.182. The van der Waals surface area contributed by atoms with E-state index in [1.165, 1.54) is 4.90 Å². The topological polar surface area (TPSA) is 26.0 Å². The first kappa shape index (κ1) is 9.31. The van der Waals surface area contributed by atoms with E-state index in [0.717, 1.165) is 28.3 Å². The zero-order valence-corrected chi connectivity index (χ0v) is 9.44. The fourth-order valence-corrected chi connectivity index (χ4v) is 3.04. The zero-order chi connectivity index (χ0) is 10.3. The van der Waals surface area contributed by atoms with Crippen molar-refractivity contribution < 1.29 is 4.52 Å². The summed E-state index contributed by atoms with van der Waals surface area (Å²) in [5, 5.41) is 3.99. The second kappa shape index (κ2) is 3.58. The van der Waals surface area contributed by atoms with Gasteiger partial charge in [-0.1, -0.05) is 17.3 Å². The summed E-state index contributed by atoms with van der Waals surface area (Å²) in [5.41, 5.74) is 3.15. The van der Waals surface area contributed by atoms with Crippen molar-refractivity contribution in [1.29, 1.82) is 0 Å². The highest BCUT2D eigenvalue weighted by Crippen LogP contribution is 2.42. The molecule has 15 heavy (non-hydrogen) atoms. The van der Waals surface area contributed by atoms with Gasteiger partial charge in [-0.2, -0.15) is 0 Å². The number of benzene rings is 1. The van der Waals surface area contributed by atoms with Crippen LogP contribution in [0.25, 0.3) is 11.3 Å². The molecule has 1 aliphatic rings. The van der Waals surface area contributed by atoms with Gasteiger partial charge in [0.1, 0.15) is 5.69 Å². The maximum Gasteiger partial charge on any atom is 0.172 e. The minimum Gasteiger partial charge on any atom is -0.356 e. The third-order valence-corrected chi connectivity index (χ3v) is 3.85. The van der Waals surface area contributed by atoms with Gasteiger partial charge in [-0.3, -0.25) is 0 Å². The lowest BCUT2D eigenvalue weighted by atomic mass is 10.1. The molecule has 2 aromatic rings. The Bertz CT molecular complexity index is 509. The number of halogens is 1. The summed E-state index contributed by atoms with van der Waals surface area (Å²) in [7, 11) is 0. The summed E-state index contributed by atoms with van der Waals surface area (Å²) in [4.78, 5) is 1.25. The lowest BCUT2D eigenvalue weighted by Crippen LogP contribution is -1.94. The van der Waals surface area contributed by atoms with Crippen molar-refractivity contribution in [1.82, 2.24) is 5.16 Å². The normalized spacial score (nSPS) is 13.4. The van der Waals surface area contributed by atoms with Gasteiger partial charge in [0.2, 0.25) is 0 Å². The lowest BCUT2D eigenvalue weighted by Gasteiger charge is -2.13. The van der Waals surface area contributed by atoms with Crippen molar-refractivity contribution in [3.05, 3.63) is 35.5 Å². The molecule has 0 amide bonds. The molecule has 1 aliphatic heterocycles. The Kier molecular flexibility index (Phi) is 2.22. The molecule has 0 atom stereocenters. The van der Waals surface area contributed by atoms with E-state index in [2.05, 4.69) is 17.3 Å². The van der Waals surface area contributed by atoms with Gasteiger partial charge in [-0.15, -0.1) is 23.4 Å². The molecule has 0 radical (unpaired) electrons. The number of fused-ring (bicyclic) bond motifs is 3. The van der Waals surface area contributed by atoms with Crippen LogP contribution in [0, 0.1) is 0 Å². The number of nitrogens with zero attached hydrogens (tertiary/aromatic N) is 1. The Morgan fingerprint density at radius 3 is 3.13 bits per heavy atom. The summed E-state index contributed by atoms with van der Waals surface area (Å²) in [6.45, 7) is 0. The number of thioether (sulfide) groups is 1. The van der Waals surface area contributed by atoms with Crippen molar-refractivity contribution in [2.24, 2.45) is 0 Å². The summed E-state index contributed by atoms with van der Waals surface area (Å²) in [6, 6.07) is 8.21. The van der Waals surface area contributed by atoms with Crippen LogP contribution in [0.5, 0.6) is 0 Å². The number of hydrogen-bond acceptors (Lipinski definition) is 3. The molecule has 0 saturated carbocycles. The largest absolute Gasteiger partial charge is 0.356 e. The van der Waals surface area contributed by atoms with E-state index in [9.17, 15) is 0 Å². The number of hydrogen-bond donors (Lipinski definition) is 0. The van der Waals surface area contributed by atoms with Crippen LogP contribution < -0.4 is 0 Å². The second-order valence-electron chi connectivity index (χ2n) is 3.36. The van der Waals surface area contributed by atoms with Crippen LogP contribution in [0.4, 0.5) is 0 Å². The Morgan fingerprint density at radius 2 is 2.27 bits per heavy atom. The Morgan fingerprint density at radius 1 is 1.40 bits per heavy atom.